The SMILES string of the molecule is COC(=O)C1=C(C(=O)OC)[C@H]2CC[C@H]3C(=CCC(C(=O)OC)=C3C(=O)OC)C2=CC1. The Bertz CT molecular complexity index is 855. The molecule has 3 rings (SSSR count). The van der Waals surface area contributed by atoms with E-state index >= 15 is 0 Å². The van der Waals surface area contributed by atoms with Gasteiger partial charge in [-0.3, -0.25) is 0 Å². The summed E-state index contributed by atoms with van der Waals surface area (Å²) < 4.78 is 19.6. The molecule has 0 amide bonds. The average Bonchev–Trinajstić information content (AvgIpc) is 2.79. The third-order valence-electron chi connectivity index (χ3n) is 5.90. The number of rotatable bonds is 4. The zero-order valence-corrected chi connectivity index (χ0v) is 17.4. The van der Waals surface area contributed by atoms with Gasteiger partial charge in [-0.15, -0.1) is 0 Å². The highest BCUT2D eigenvalue weighted by atomic mass is 16.5. The first kappa shape index (κ1) is 21.5. The van der Waals surface area contributed by atoms with Gasteiger partial charge in [-0.1, -0.05) is 12.2 Å². The number of fused-ring (bicyclic) bond motifs is 3. The summed E-state index contributed by atoms with van der Waals surface area (Å²) in [6.45, 7) is 0. The van der Waals surface area contributed by atoms with Gasteiger partial charge in [0, 0.05) is 11.8 Å². The monoisotopic (exact) mass is 416 g/mol. The van der Waals surface area contributed by atoms with Crippen LogP contribution in [0.15, 0.2) is 45.6 Å². The van der Waals surface area contributed by atoms with Crippen LogP contribution in [0.25, 0.3) is 0 Å². The summed E-state index contributed by atoms with van der Waals surface area (Å²) in [4.78, 5) is 49.5. The molecule has 3 aliphatic carbocycles. The number of carbonyl (C=O) groups is 4. The number of carbonyl (C=O) groups excluding carboxylic acids is 4. The second-order valence-corrected chi connectivity index (χ2v) is 7.16. The number of hydrogen-bond acceptors (Lipinski definition) is 8. The molecular formula is C22H24O8. The van der Waals surface area contributed by atoms with E-state index in [4.69, 9.17) is 18.9 Å². The molecule has 8 nitrogen and oxygen atoms in total. The molecule has 0 spiro atoms. The lowest BCUT2D eigenvalue weighted by molar-refractivity contribution is -0.140. The summed E-state index contributed by atoms with van der Waals surface area (Å²) >= 11 is 0. The maximum Gasteiger partial charge on any atom is 0.334 e. The Morgan fingerprint density at radius 1 is 0.633 bits per heavy atom. The van der Waals surface area contributed by atoms with Gasteiger partial charge in [0.1, 0.15) is 0 Å². The molecule has 0 aliphatic heterocycles. The molecule has 0 radical (unpaired) electrons. The zero-order chi connectivity index (χ0) is 22.0. The summed E-state index contributed by atoms with van der Waals surface area (Å²) in [7, 11) is 5.08. The van der Waals surface area contributed by atoms with Crippen molar-refractivity contribution in [3.8, 4) is 0 Å². The van der Waals surface area contributed by atoms with Crippen molar-refractivity contribution in [2.24, 2.45) is 11.8 Å². The quantitative estimate of drug-likeness (QED) is 0.506. The molecule has 8 heteroatoms. The maximum atomic E-state index is 12.5. The molecule has 0 N–H and O–H groups in total. The Labute approximate surface area is 174 Å². The van der Waals surface area contributed by atoms with Gasteiger partial charge in [0.05, 0.1) is 50.7 Å². The van der Waals surface area contributed by atoms with Gasteiger partial charge >= 0.3 is 23.9 Å². The second kappa shape index (κ2) is 8.69. The minimum atomic E-state index is -0.570. The molecule has 1 fully saturated rings. The second-order valence-electron chi connectivity index (χ2n) is 7.16. The van der Waals surface area contributed by atoms with Gasteiger partial charge < -0.3 is 18.9 Å². The molecule has 2 atom stereocenters. The fourth-order valence-electron chi connectivity index (χ4n) is 4.61. The fraction of sp³-hybridized carbons (Fsp3) is 0.455. The van der Waals surface area contributed by atoms with Gasteiger partial charge in [-0.25, -0.2) is 19.2 Å². The summed E-state index contributed by atoms with van der Waals surface area (Å²) in [6, 6.07) is 0. The fourth-order valence-corrected chi connectivity index (χ4v) is 4.61. The number of methoxy groups -OCH3 is 4. The van der Waals surface area contributed by atoms with Crippen molar-refractivity contribution in [1.29, 1.82) is 0 Å². The average molecular weight is 416 g/mol. The van der Waals surface area contributed by atoms with Crippen LogP contribution in [-0.2, 0) is 38.1 Å². The molecule has 0 saturated heterocycles. The standard InChI is InChI=1S/C22H24O8/c1-27-19(23)15-9-5-11-12-6-10-16(20(24)28-2)18(22(26)30-4)14(12)8-7-13(11)17(15)21(25)29-3/h5-6,13-14H,7-10H2,1-4H3/t13-,14-/m0/s1. The van der Waals surface area contributed by atoms with Gasteiger partial charge in [-0.2, -0.15) is 0 Å². The molecule has 3 aliphatic rings. The van der Waals surface area contributed by atoms with Gasteiger partial charge in [-0.05, 0) is 36.8 Å². The van der Waals surface area contributed by atoms with Gasteiger partial charge in [0.15, 0.2) is 0 Å². The third kappa shape index (κ3) is 3.46. The van der Waals surface area contributed by atoms with Crippen molar-refractivity contribution >= 4 is 23.9 Å². The highest BCUT2D eigenvalue weighted by Crippen LogP contribution is 2.50. The topological polar surface area (TPSA) is 105 Å². The first-order chi connectivity index (χ1) is 14.4. The van der Waals surface area contributed by atoms with Crippen LogP contribution in [0.3, 0.4) is 0 Å². The summed E-state index contributed by atoms with van der Waals surface area (Å²) in [5, 5.41) is 0. The molecule has 0 aromatic rings. The number of esters is 4. The Morgan fingerprint density at radius 3 is 1.27 bits per heavy atom. The van der Waals surface area contributed by atoms with E-state index in [0.29, 0.717) is 24.0 Å². The van der Waals surface area contributed by atoms with E-state index in [1.165, 1.54) is 28.4 Å². The van der Waals surface area contributed by atoms with E-state index in [9.17, 15) is 19.2 Å². The highest BCUT2D eigenvalue weighted by Gasteiger charge is 2.44. The smallest absolute Gasteiger partial charge is 0.334 e. The van der Waals surface area contributed by atoms with Crippen LogP contribution < -0.4 is 0 Å². The van der Waals surface area contributed by atoms with Crippen LogP contribution in [0.4, 0.5) is 0 Å². The zero-order valence-electron chi connectivity index (χ0n) is 17.4. The van der Waals surface area contributed by atoms with Crippen LogP contribution in [0.2, 0.25) is 0 Å². The minimum Gasteiger partial charge on any atom is -0.466 e. The van der Waals surface area contributed by atoms with Crippen LogP contribution in [-0.4, -0.2) is 52.3 Å². The number of allylic oxidation sites excluding steroid dienone is 4. The van der Waals surface area contributed by atoms with E-state index < -0.39 is 23.9 Å². The van der Waals surface area contributed by atoms with Crippen molar-refractivity contribution < 1.29 is 38.1 Å². The predicted octanol–water partition coefficient (Wildman–Crippen LogP) is 1.96. The molecule has 160 valence electrons. The van der Waals surface area contributed by atoms with Crippen molar-refractivity contribution in [2.45, 2.75) is 25.7 Å². The Hall–Kier alpha value is -3.16. The molecule has 0 heterocycles. The van der Waals surface area contributed by atoms with E-state index in [1.807, 2.05) is 12.2 Å². The maximum absolute atomic E-state index is 12.5. The van der Waals surface area contributed by atoms with Crippen LogP contribution >= 0.6 is 0 Å². The molecule has 0 unspecified atom stereocenters. The van der Waals surface area contributed by atoms with Crippen LogP contribution in [0, 0.1) is 11.8 Å². The van der Waals surface area contributed by atoms with Gasteiger partial charge in [0.2, 0.25) is 0 Å². The molecule has 30 heavy (non-hydrogen) atoms. The molecule has 1 saturated carbocycles. The van der Waals surface area contributed by atoms with Crippen molar-refractivity contribution in [1.82, 2.24) is 0 Å². The van der Waals surface area contributed by atoms with E-state index in [0.717, 1.165) is 11.1 Å². The Morgan fingerprint density at radius 2 is 0.967 bits per heavy atom. The molecule has 0 aromatic carbocycles. The van der Waals surface area contributed by atoms with E-state index in [1.54, 1.807) is 0 Å². The lowest BCUT2D eigenvalue weighted by Crippen LogP contribution is -2.34. The molecule has 0 bridgehead atoms. The van der Waals surface area contributed by atoms with Crippen molar-refractivity contribution in [3.63, 3.8) is 0 Å². The predicted molar refractivity (Wildman–Crippen MR) is 104 cm³/mol. The van der Waals surface area contributed by atoms with E-state index in [2.05, 4.69) is 0 Å². The third-order valence-corrected chi connectivity index (χ3v) is 5.90. The van der Waals surface area contributed by atoms with E-state index in [-0.39, 0.29) is 35.8 Å². The highest BCUT2D eigenvalue weighted by molar-refractivity contribution is 6.04. The lowest BCUT2D eigenvalue weighted by Gasteiger charge is -2.39. The van der Waals surface area contributed by atoms with Gasteiger partial charge in [0.25, 0.3) is 0 Å². The summed E-state index contributed by atoms with van der Waals surface area (Å²) in [5.41, 5.74) is 2.89. The first-order valence-corrected chi connectivity index (χ1v) is 9.59. The minimum absolute atomic E-state index is 0.216. The number of hydrogen-bond donors (Lipinski definition) is 0. The normalized spacial score (nSPS) is 22.8. The van der Waals surface area contributed by atoms with Crippen molar-refractivity contribution in [2.75, 3.05) is 28.4 Å². The Balaban J connectivity index is 2.05. The Kier molecular flexibility index (Phi) is 6.24. The van der Waals surface area contributed by atoms with Crippen LogP contribution in [0.1, 0.15) is 25.7 Å². The summed E-state index contributed by atoms with van der Waals surface area (Å²) in [6.07, 6.45) is 5.20. The summed E-state index contributed by atoms with van der Waals surface area (Å²) in [5.74, 6) is -2.95. The molecular weight excluding hydrogens is 392 g/mol. The number of ether oxygens (including phenoxy) is 4. The van der Waals surface area contributed by atoms with Crippen molar-refractivity contribution in [3.05, 3.63) is 45.6 Å². The molecule has 0 aromatic heterocycles. The van der Waals surface area contributed by atoms with Crippen LogP contribution in [0.5, 0.6) is 0 Å². The first-order valence-electron chi connectivity index (χ1n) is 9.59. The largest absolute Gasteiger partial charge is 0.466 e. The lowest BCUT2D eigenvalue weighted by atomic mass is 9.64.